The summed E-state index contributed by atoms with van der Waals surface area (Å²) in [4.78, 5) is 4.86. The number of nitrogen functional groups attached to an aromatic ring is 1. The highest BCUT2D eigenvalue weighted by molar-refractivity contribution is 6.30. The SMILES string of the molecule is Nc1ccc2c(c1)C(N)(c1ccc(F)c(Cl)c1)N=C(c1ccc3ccccc3c1)N2. The van der Waals surface area contributed by atoms with Crippen molar-refractivity contribution in [2.45, 2.75) is 5.66 Å². The maximum atomic E-state index is 13.8. The second kappa shape index (κ2) is 6.83. The highest BCUT2D eigenvalue weighted by Crippen LogP contribution is 2.39. The fourth-order valence-electron chi connectivity index (χ4n) is 3.80. The summed E-state index contributed by atoms with van der Waals surface area (Å²) < 4.78 is 13.8. The first-order valence-electron chi connectivity index (χ1n) is 9.44. The number of hydrogen-bond donors (Lipinski definition) is 3. The zero-order valence-corrected chi connectivity index (χ0v) is 16.6. The Kier molecular flexibility index (Phi) is 4.24. The summed E-state index contributed by atoms with van der Waals surface area (Å²) in [5, 5.41) is 5.58. The van der Waals surface area contributed by atoms with Crippen LogP contribution < -0.4 is 16.8 Å². The minimum Gasteiger partial charge on any atom is -0.399 e. The second-order valence-electron chi connectivity index (χ2n) is 7.35. The molecule has 0 saturated carbocycles. The van der Waals surface area contributed by atoms with E-state index in [1.807, 2.05) is 36.4 Å². The van der Waals surface area contributed by atoms with Crippen LogP contribution in [0.4, 0.5) is 15.8 Å². The Hall–Kier alpha value is -3.41. The number of nitrogens with zero attached hydrogens (tertiary/aromatic N) is 1. The molecule has 1 atom stereocenters. The number of rotatable bonds is 2. The van der Waals surface area contributed by atoms with Crippen LogP contribution in [0.2, 0.25) is 5.02 Å². The molecule has 1 heterocycles. The maximum absolute atomic E-state index is 13.8. The van der Waals surface area contributed by atoms with Crippen LogP contribution in [-0.2, 0) is 5.66 Å². The summed E-state index contributed by atoms with van der Waals surface area (Å²) in [6.45, 7) is 0. The first-order chi connectivity index (χ1) is 14.4. The summed E-state index contributed by atoms with van der Waals surface area (Å²) in [7, 11) is 0. The average Bonchev–Trinajstić information content (AvgIpc) is 2.75. The Morgan fingerprint density at radius 1 is 0.900 bits per heavy atom. The van der Waals surface area contributed by atoms with Crippen LogP contribution in [0, 0.1) is 5.82 Å². The minimum absolute atomic E-state index is 0.0104. The number of halogens is 2. The maximum Gasteiger partial charge on any atom is 0.164 e. The van der Waals surface area contributed by atoms with Gasteiger partial charge in [0.2, 0.25) is 0 Å². The van der Waals surface area contributed by atoms with E-state index in [2.05, 4.69) is 17.4 Å². The van der Waals surface area contributed by atoms with Gasteiger partial charge in [-0.05, 0) is 47.2 Å². The molecule has 4 nitrogen and oxygen atoms in total. The van der Waals surface area contributed by atoms with Gasteiger partial charge < -0.3 is 11.1 Å². The predicted octanol–water partition coefficient (Wildman–Crippen LogP) is 5.25. The largest absolute Gasteiger partial charge is 0.399 e. The molecule has 0 aliphatic carbocycles. The molecule has 5 N–H and O–H groups in total. The lowest BCUT2D eigenvalue weighted by Gasteiger charge is -2.34. The van der Waals surface area contributed by atoms with Gasteiger partial charge in [-0.1, -0.05) is 54.1 Å². The van der Waals surface area contributed by atoms with Crippen LogP contribution in [-0.4, -0.2) is 5.84 Å². The molecule has 0 aromatic heterocycles. The molecule has 1 aliphatic rings. The molecule has 5 rings (SSSR count). The van der Waals surface area contributed by atoms with Gasteiger partial charge in [0.05, 0.1) is 5.02 Å². The Labute approximate surface area is 178 Å². The Morgan fingerprint density at radius 2 is 1.70 bits per heavy atom. The van der Waals surface area contributed by atoms with Crippen molar-refractivity contribution < 1.29 is 4.39 Å². The highest BCUT2D eigenvalue weighted by atomic mass is 35.5. The first-order valence-corrected chi connectivity index (χ1v) is 9.82. The monoisotopic (exact) mass is 416 g/mol. The summed E-state index contributed by atoms with van der Waals surface area (Å²) in [5.74, 6) is 0.102. The molecule has 6 heteroatoms. The molecule has 30 heavy (non-hydrogen) atoms. The van der Waals surface area contributed by atoms with Crippen LogP contribution >= 0.6 is 11.6 Å². The van der Waals surface area contributed by atoms with Crippen molar-refractivity contribution in [2.75, 3.05) is 11.1 Å². The van der Waals surface area contributed by atoms with Crippen molar-refractivity contribution in [3.05, 3.63) is 106 Å². The van der Waals surface area contributed by atoms with Crippen molar-refractivity contribution >= 4 is 39.6 Å². The van der Waals surface area contributed by atoms with E-state index >= 15 is 0 Å². The molecule has 0 amide bonds. The van der Waals surface area contributed by atoms with Crippen molar-refractivity contribution in [3.63, 3.8) is 0 Å². The van der Waals surface area contributed by atoms with Crippen molar-refractivity contribution in [2.24, 2.45) is 10.7 Å². The molecule has 148 valence electrons. The number of amidine groups is 1. The topological polar surface area (TPSA) is 76.4 Å². The van der Waals surface area contributed by atoms with E-state index < -0.39 is 11.5 Å². The molecule has 0 spiro atoms. The molecular formula is C24H18ClFN4. The number of aliphatic imine (C=N–C) groups is 1. The van der Waals surface area contributed by atoms with Gasteiger partial charge in [0.1, 0.15) is 11.7 Å². The second-order valence-corrected chi connectivity index (χ2v) is 7.75. The predicted molar refractivity (Wildman–Crippen MR) is 121 cm³/mol. The van der Waals surface area contributed by atoms with E-state index in [1.165, 1.54) is 12.1 Å². The van der Waals surface area contributed by atoms with Gasteiger partial charge in [0.25, 0.3) is 0 Å². The lowest BCUT2D eigenvalue weighted by atomic mass is 9.89. The van der Waals surface area contributed by atoms with Gasteiger partial charge in [-0.25, -0.2) is 9.38 Å². The number of anilines is 2. The highest BCUT2D eigenvalue weighted by Gasteiger charge is 2.36. The van der Waals surface area contributed by atoms with E-state index in [1.54, 1.807) is 18.2 Å². The number of nitrogens with one attached hydrogen (secondary N) is 1. The first kappa shape index (κ1) is 18.6. The van der Waals surface area contributed by atoms with Crippen molar-refractivity contribution in [1.29, 1.82) is 0 Å². The van der Waals surface area contributed by atoms with E-state index in [9.17, 15) is 4.39 Å². The van der Waals surface area contributed by atoms with E-state index in [0.717, 1.165) is 22.0 Å². The smallest absolute Gasteiger partial charge is 0.164 e. The zero-order valence-electron chi connectivity index (χ0n) is 15.9. The lowest BCUT2D eigenvalue weighted by Crippen LogP contribution is -2.42. The number of fused-ring (bicyclic) bond motifs is 2. The van der Waals surface area contributed by atoms with Crippen LogP contribution in [0.5, 0.6) is 0 Å². The number of hydrogen-bond acceptors (Lipinski definition) is 4. The Balaban J connectivity index is 1.72. The average molecular weight is 417 g/mol. The van der Waals surface area contributed by atoms with Crippen LogP contribution in [0.3, 0.4) is 0 Å². The van der Waals surface area contributed by atoms with Gasteiger partial charge >= 0.3 is 0 Å². The standard InChI is InChI=1S/C24H18ClFN4/c25-20-12-17(7-9-21(20)26)24(28)19-13-18(27)8-10-22(19)29-23(30-24)16-6-5-14-3-1-2-4-15(14)11-16/h1-13H,27-28H2,(H,29,30). The zero-order chi connectivity index (χ0) is 20.9. The van der Waals surface area contributed by atoms with Gasteiger partial charge in [0, 0.05) is 28.1 Å². The van der Waals surface area contributed by atoms with Gasteiger partial charge in [-0.3, -0.25) is 5.73 Å². The minimum atomic E-state index is -1.28. The Morgan fingerprint density at radius 3 is 2.50 bits per heavy atom. The van der Waals surface area contributed by atoms with Gasteiger partial charge in [-0.2, -0.15) is 0 Å². The fraction of sp³-hybridized carbons (Fsp3) is 0.0417. The molecule has 1 aliphatic heterocycles. The quantitative estimate of drug-likeness (QED) is 0.391. The molecular weight excluding hydrogens is 399 g/mol. The number of benzene rings is 4. The molecule has 0 fully saturated rings. The summed E-state index contributed by atoms with van der Waals surface area (Å²) >= 11 is 6.05. The van der Waals surface area contributed by atoms with E-state index in [-0.39, 0.29) is 5.02 Å². The normalized spacial score (nSPS) is 17.9. The van der Waals surface area contributed by atoms with Gasteiger partial charge in [-0.15, -0.1) is 0 Å². The van der Waals surface area contributed by atoms with Crippen LogP contribution in [0.15, 0.2) is 83.9 Å². The van der Waals surface area contributed by atoms with Gasteiger partial charge in [0.15, 0.2) is 5.66 Å². The van der Waals surface area contributed by atoms with Crippen molar-refractivity contribution in [3.8, 4) is 0 Å². The number of nitrogens with two attached hydrogens (primary N) is 2. The third-order valence-corrected chi connectivity index (χ3v) is 5.67. The molecule has 0 saturated heterocycles. The molecule has 4 aromatic carbocycles. The van der Waals surface area contributed by atoms with E-state index in [0.29, 0.717) is 22.6 Å². The molecule has 0 radical (unpaired) electrons. The van der Waals surface area contributed by atoms with Crippen molar-refractivity contribution in [1.82, 2.24) is 0 Å². The van der Waals surface area contributed by atoms with Crippen LogP contribution in [0.25, 0.3) is 10.8 Å². The molecule has 1 unspecified atom stereocenters. The third-order valence-electron chi connectivity index (χ3n) is 5.38. The lowest BCUT2D eigenvalue weighted by molar-refractivity contribution is 0.564. The third kappa shape index (κ3) is 3.00. The molecule has 0 bridgehead atoms. The summed E-state index contributed by atoms with van der Waals surface area (Å²) in [5.41, 5.74) is 15.1. The van der Waals surface area contributed by atoms with Crippen LogP contribution in [0.1, 0.15) is 16.7 Å². The van der Waals surface area contributed by atoms with E-state index in [4.69, 9.17) is 28.1 Å². The summed E-state index contributed by atoms with van der Waals surface area (Å²) in [6.07, 6.45) is 0. The fourth-order valence-corrected chi connectivity index (χ4v) is 3.99. The molecule has 4 aromatic rings. The Bertz CT molecular complexity index is 1330. The summed E-state index contributed by atoms with van der Waals surface area (Å²) in [6, 6.07) is 24.0.